The van der Waals surface area contributed by atoms with Crippen LogP contribution >= 0.6 is 8.53 Å². The lowest BCUT2D eigenvalue weighted by Crippen LogP contribution is -2.33. The topological polar surface area (TPSA) is 110 Å². The Labute approximate surface area is 194 Å². The van der Waals surface area contributed by atoms with E-state index in [9.17, 15) is 15.0 Å². The van der Waals surface area contributed by atoms with Crippen molar-refractivity contribution in [1.29, 1.82) is 0 Å². The van der Waals surface area contributed by atoms with Crippen molar-refractivity contribution in [3.8, 4) is 11.5 Å². The number of para-hydroxylation sites is 1. The van der Waals surface area contributed by atoms with Crippen LogP contribution in [0.25, 0.3) is 0 Å². The molecule has 0 bridgehead atoms. The first-order valence-corrected chi connectivity index (χ1v) is 11.6. The summed E-state index contributed by atoms with van der Waals surface area (Å²) in [6, 6.07) is 17.8. The van der Waals surface area contributed by atoms with Gasteiger partial charge in [-0.3, -0.25) is 9.78 Å². The molecule has 0 saturated heterocycles. The fourth-order valence-electron chi connectivity index (χ4n) is 2.84. The van der Waals surface area contributed by atoms with Gasteiger partial charge in [0.2, 0.25) is 0 Å². The van der Waals surface area contributed by atoms with Crippen LogP contribution < -0.4 is 9.61 Å². The van der Waals surface area contributed by atoms with E-state index in [1.165, 1.54) is 6.20 Å². The molecule has 2 atom stereocenters. The number of rotatable bonds is 11. The van der Waals surface area contributed by atoms with Crippen LogP contribution in [0.5, 0.6) is 11.5 Å². The van der Waals surface area contributed by atoms with Gasteiger partial charge in [-0.2, -0.15) is 0 Å². The van der Waals surface area contributed by atoms with Gasteiger partial charge in [-0.05, 0) is 31.5 Å². The molecule has 0 spiro atoms. The van der Waals surface area contributed by atoms with E-state index in [1.54, 1.807) is 26.0 Å². The Morgan fingerprint density at radius 1 is 1.09 bits per heavy atom. The number of aryl methyl sites for hydroxylation is 1. The molecule has 3 N–H and O–H groups in total. The number of ether oxygens (including phenoxy) is 1. The average molecular weight is 470 g/mol. The molecule has 2 aromatic carbocycles. The molecule has 0 saturated carbocycles. The number of aromatic hydroxyl groups is 1. The van der Waals surface area contributed by atoms with E-state index in [4.69, 9.17) is 13.8 Å². The molecule has 1 aromatic heterocycles. The Morgan fingerprint density at radius 2 is 1.76 bits per heavy atom. The molecular weight excluding hydrogens is 443 g/mol. The number of benzene rings is 2. The zero-order chi connectivity index (χ0) is 23.6. The molecule has 3 aromatic rings. The number of pyridine rings is 1. The second kappa shape index (κ2) is 12.3. The van der Waals surface area contributed by atoms with Crippen LogP contribution in [0, 0.1) is 6.92 Å². The SMILES string of the molecule is Cc1ncc(COP(NC(C)C(=O)OCc2ccccc2)Oc2ccccc2)c(CO)c1O. The van der Waals surface area contributed by atoms with Crippen molar-refractivity contribution in [2.45, 2.75) is 39.7 Å². The lowest BCUT2D eigenvalue weighted by atomic mass is 10.1. The van der Waals surface area contributed by atoms with E-state index < -0.39 is 20.5 Å². The molecular formula is C24H27N2O6P. The number of hydrogen-bond acceptors (Lipinski definition) is 8. The maximum Gasteiger partial charge on any atom is 0.323 e. The first-order valence-electron chi connectivity index (χ1n) is 10.4. The highest BCUT2D eigenvalue weighted by atomic mass is 31.2. The van der Waals surface area contributed by atoms with Gasteiger partial charge in [-0.15, -0.1) is 0 Å². The molecule has 3 rings (SSSR count). The van der Waals surface area contributed by atoms with Crippen molar-refractivity contribution in [2.75, 3.05) is 0 Å². The molecule has 0 aliphatic heterocycles. The molecule has 33 heavy (non-hydrogen) atoms. The maximum atomic E-state index is 12.5. The second-order valence-corrected chi connectivity index (χ2v) is 8.45. The first kappa shape index (κ1) is 24.6. The van der Waals surface area contributed by atoms with Crippen molar-refractivity contribution >= 4 is 14.5 Å². The van der Waals surface area contributed by atoms with E-state index in [0.717, 1.165) is 5.56 Å². The minimum Gasteiger partial charge on any atom is -0.506 e. The van der Waals surface area contributed by atoms with Gasteiger partial charge in [0.25, 0.3) is 0 Å². The lowest BCUT2D eigenvalue weighted by Gasteiger charge is -2.22. The summed E-state index contributed by atoms with van der Waals surface area (Å²) in [4.78, 5) is 16.6. The number of hydrogen-bond donors (Lipinski definition) is 3. The van der Waals surface area contributed by atoms with Gasteiger partial charge in [0.05, 0.1) is 18.9 Å². The lowest BCUT2D eigenvalue weighted by molar-refractivity contribution is -0.146. The Balaban J connectivity index is 1.66. The van der Waals surface area contributed by atoms with E-state index in [-0.39, 0.29) is 25.6 Å². The summed E-state index contributed by atoms with van der Waals surface area (Å²) in [6.45, 7) is 3.13. The highest BCUT2D eigenvalue weighted by Gasteiger charge is 2.23. The van der Waals surface area contributed by atoms with Gasteiger partial charge in [0.15, 0.2) is 0 Å². The monoisotopic (exact) mass is 470 g/mol. The third-order valence-electron chi connectivity index (χ3n) is 4.73. The number of nitrogens with zero attached hydrogens (tertiary/aromatic N) is 1. The van der Waals surface area contributed by atoms with E-state index in [2.05, 4.69) is 10.1 Å². The van der Waals surface area contributed by atoms with Crippen LogP contribution in [0.1, 0.15) is 29.3 Å². The van der Waals surface area contributed by atoms with Gasteiger partial charge in [-0.1, -0.05) is 48.5 Å². The first-order chi connectivity index (χ1) is 16.0. The molecule has 0 fully saturated rings. The minimum absolute atomic E-state index is 0.00799. The Morgan fingerprint density at radius 3 is 2.42 bits per heavy atom. The highest BCUT2D eigenvalue weighted by Crippen LogP contribution is 2.38. The summed E-state index contributed by atoms with van der Waals surface area (Å²) in [5.41, 5.74) is 2.16. The summed E-state index contributed by atoms with van der Waals surface area (Å²) in [5, 5.41) is 22.9. The molecule has 174 valence electrons. The maximum absolute atomic E-state index is 12.5. The number of esters is 1. The smallest absolute Gasteiger partial charge is 0.323 e. The van der Waals surface area contributed by atoms with Crippen molar-refractivity contribution in [3.05, 3.63) is 89.2 Å². The van der Waals surface area contributed by atoms with Gasteiger partial charge in [0, 0.05) is 17.3 Å². The molecule has 0 aliphatic carbocycles. The highest BCUT2D eigenvalue weighted by molar-refractivity contribution is 7.45. The summed E-state index contributed by atoms with van der Waals surface area (Å²) < 4.78 is 17.2. The Bertz CT molecular complexity index is 1040. The van der Waals surface area contributed by atoms with Gasteiger partial charge >= 0.3 is 14.5 Å². The van der Waals surface area contributed by atoms with Gasteiger partial charge in [-0.25, -0.2) is 5.09 Å². The van der Waals surface area contributed by atoms with E-state index in [0.29, 0.717) is 22.6 Å². The molecule has 0 amide bonds. The summed E-state index contributed by atoms with van der Waals surface area (Å²) >= 11 is 0. The zero-order valence-corrected chi connectivity index (χ0v) is 19.4. The second-order valence-electron chi connectivity index (χ2n) is 7.23. The van der Waals surface area contributed by atoms with Crippen LogP contribution in [-0.4, -0.2) is 27.2 Å². The van der Waals surface area contributed by atoms with Gasteiger partial charge < -0.3 is 24.0 Å². The van der Waals surface area contributed by atoms with Crippen molar-refractivity contribution in [2.24, 2.45) is 0 Å². The number of aliphatic hydroxyl groups excluding tert-OH is 1. The van der Waals surface area contributed by atoms with E-state index in [1.807, 2.05) is 48.5 Å². The molecule has 2 unspecified atom stereocenters. The minimum atomic E-state index is -1.77. The van der Waals surface area contributed by atoms with Crippen molar-refractivity contribution < 1.29 is 28.8 Å². The standard InChI is InChI=1S/C24H27N2O6P/c1-17-23(28)22(14-27)20(13-25-17)16-31-33(32-21-11-7-4-8-12-21)26-18(2)24(29)30-15-19-9-5-3-6-10-19/h3-13,18,26-28H,14-16H2,1-2H3. The molecule has 9 heteroatoms. The molecule has 0 radical (unpaired) electrons. The number of carbonyl (C=O) groups excluding carboxylic acids is 1. The third-order valence-corrected chi connectivity index (χ3v) is 6.07. The number of aliphatic hydroxyl groups is 1. The predicted molar refractivity (Wildman–Crippen MR) is 124 cm³/mol. The molecule has 8 nitrogen and oxygen atoms in total. The van der Waals surface area contributed by atoms with Crippen LogP contribution in [0.15, 0.2) is 66.9 Å². The summed E-state index contributed by atoms with van der Waals surface area (Å²) in [7, 11) is -1.77. The molecule has 0 aliphatic rings. The van der Waals surface area contributed by atoms with Crippen LogP contribution in [0.4, 0.5) is 0 Å². The van der Waals surface area contributed by atoms with Crippen LogP contribution in [0.2, 0.25) is 0 Å². The van der Waals surface area contributed by atoms with E-state index >= 15 is 0 Å². The number of aromatic nitrogens is 1. The fraction of sp³-hybridized carbons (Fsp3) is 0.250. The largest absolute Gasteiger partial charge is 0.506 e. The zero-order valence-electron chi connectivity index (χ0n) is 18.5. The van der Waals surface area contributed by atoms with Crippen molar-refractivity contribution in [1.82, 2.24) is 10.1 Å². The van der Waals surface area contributed by atoms with Gasteiger partial charge in [0.1, 0.15) is 24.1 Å². The number of nitrogens with one attached hydrogen (secondary N) is 1. The molecule has 1 heterocycles. The average Bonchev–Trinajstić information content (AvgIpc) is 2.84. The fourth-order valence-corrected chi connectivity index (χ4v) is 4.02. The Kier molecular flexibility index (Phi) is 9.15. The van der Waals surface area contributed by atoms with Crippen molar-refractivity contribution in [3.63, 3.8) is 0 Å². The van der Waals surface area contributed by atoms with Crippen LogP contribution in [-0.2, 0) is 33.9 Å². The van der Waals surface area contributed by atoms with Crippen LogP contribution in [0.3, 0.4) is 0 Å². The predicted octanol–water partition coefficient (Wildman–Crippen LogP) is 4.13. The normalized spacial score (nSPS) is 12.7. The third kappa shape index (κ3) is 7.23. The Hall–Kier alpha value is -3.03. The summed E-state index contributed by atoms with van der Waals surface area (Å²) in [5.74, 6) is 0.0447. The summed E-state index contributed by atoms with van der Waals surface area (Å²) in [6.07, 6.45) is 1.54. The quantitative estimate of drug-likeness (QED) is 0.283. The number of carbonyl (C=O) groups is 1.